The molecule has 0 atom stereocenters. The number of nitrogens with one attached hydrogen (secondary N) is 1. The number of phenols is 1. The molecule has 0 aliphatic carbocycles. The summed E-state index contributed by atoms with van der Waals surface area (Å²) in [5.74, 6) is -2.82. The van der Waals surface area contributed by atoms with Gasteiger partial charge in [-0.25, -0.2) is 8.78 Å². The second-order valence-corrected chi connectivity index (χ2v) is 5.05. The maximum absolute atomic E-state index is 13.1. The van der Waals surface area contributed by atoms with E-state index in [1.165, 1.54) is 0 Å². The second kappa shape index (κ2) is 6.12. The number of hydrogen-bond acceptors (Lipinski definition) is 2. The van der Waals surface area contributed by atoms with Crippen molar-refractivity contribution in [3.8, 4) is 5.75 Å². The van der Waals surface area contributed by atoms with Gasteiger partial charge in [0.15, 0.2) is 17.4 Å². The fourth-order valence-electron chi connectivity index (χ4n) is 1.67. The van der Waals surface area contributed by atoms with Gasteiger partial charge in [-0.15, -0.1) is 0 Å². The van der Waals surface area contributed by atoms with Crippen molar-refractivity contribution in [2.45, 2.75) is 13.1 Å². The van der Waals surface area contributed by atoms with Crippen molar-refractivity contribution in [2.24, 2.45) is 0 Å². The van der Waals surface area contributed by atoms with Crippen LogP contribution in [0.2, 0.25) is 0 Å². The van der Waals surface area contributed by atoms with Crippen molar-refractivity contribution in [3.05, 3.63) is 63.6 Å². The minimum absolute atomic E-state index is 0.324. The van der Waals surface area contributed by atoms with Crippen LogP contribution < -0.4 is 5.32 Å². The molecule has 0 bridgehead atoms. The SMILES string of the molecule is Oc1c(F)cc(CNCc2ccc(Br)cc2)cc1F. The third-order valence-corrected chi connectivity index (χ3v) is 3.18. The Morgan fingerprint density at radius 1 is 0.947 bits per heavy atom. The summed E-state index contributed by atoms with van der Waals surface area (Å²) in [5, 5.41) is 12.1. The van der Waals surface area contributed by atoms with E-state index in [1.807, 2.05) is 24.3 Å². The zero-order valence-electron chi connectivity index (χ0n) is 9.96. The van der Waals surface area contributed by atoms with E-state index in [0.29, 0.717) is 18.7 Å². The van der Waals surface area contributed by atoms with Crippen LogP contribution in [0.15, 0.2) is 40.9 Å². The molecular formula is C14H12BrF2NO. The van der Waals surface area contributed by atoms with E-state index in [2.05, 4.69) is 21.2 Å². The lowest BCUT2D eigenvalue weighted by Gasteiger charge is -2.07. The first kappa shape index (κ1) is 14.0. The Hall–Kier alpha value is -1.46. The van der Waals surface area contributed by atoms with Gasteiger partial charge in [-0.3, -0.25) is 0 Å². The van der Waals surface area contributed by atoms with Crippen LogP contribution in [0, 0.1) is 11.6 Å². The monoisotopic (exact) mass is 327 g/mol. The molecule has 2 N–H and O–H groups in total. The third kappa shape index (κ3) is 3.75. The lowest BCUT2D eigenvalue weighted by molar-refractivity contribution is 0.395. The van der Waals surface area contributed by atoms with Gasteiger partial charge in [-0.05, 0) is 35.4 Å². The average molecular weight is 328 g/mol. The molecule has 0 saturated carbocycles. The van der Waals surface area contributed by atoms with Crippen molar-refractivity contribution in [1.29, 1.82) is 0 Å². The zero-order chi connectivity index (χ0) is 13.8. The Bertz CT molecular complexity index is 549. The highest BCUT2D eigenvalue weighted by molar-refractivity contribution is 9.10. The molecule has 0 aromatic heterocycles. The first-order valence-electron chi connectivity index (χ1n) is 5.68. The fraction of sp³-hybridized carbons (Fsp3) is 0.143. The summed E-state index contributed by atoms with van der Waals surface area (Å²) in [4.78, 5) is 0. The van der Waals surface area contributed by atoms with Crippen LogP contribution >= 0.6 is 15.9 Å². The molecule has 2 aromatic rings. The van der Waals surface area contributed by atoms with E-state index in [4.69, 9.17) is 5.11 Å². The second-order valence-electron chi connectivity index (χ2n) is 4.14. The molecule has 2 nitrogen and oxygen atoms in total. The van der Waals surface area contributed by atoms with E-state index in [0.717, 1.165) is 22.2 Å². The summed E-state index contributed by atoms with van der Waals surface area (Å²) in [6.07, 6.45) is 0. The van der Waals surface area contributed by atoms with Crippen molar-refractivity contribution in [3.63, 3.8) is 0 Å². The van der Waals surface area contributed by atoms with E-state index in [9.17, 15) is 8.78 Å². The fourth-order valence-corrected chi connectivity index (χ4v) is 1.94. The summed E-state index contributed by atoms with van der Waals surface area (Å²) in [6.45, 7) is 0.918. The van der Waals surface area contributed by atoms with Gasteiger partial charge in [-0.1, -0.05) is 28.1 Å². The lowest BCUT2D eigenvalue weighted by Crippen LogP contribution is -2.13. The minimum atomic E-state index is -0.944. The molecule has 0 saturated heterocycles. The minimum Gasteiger partial charge on any atom is -0.503 e. The van der Waals surface area contributed by atoms with Crippen molar-refractivity contribution >= 4 is 15.9 Å². The number of hydrogen-bond donors (Lipinski definition) is 2. The van der Waals surface area contributed by atoms with E-state index in [-0.39, 0.29) is 0 Å². The quantitative estimate of drug-likeness (QED) is 0.896. The Morgan fingerprint density at radius 2 is 1.47 bits per heavy atom. The Kier molecular flexibility index (Phi) is 4.50. The highest BCUT2D eigenvalue weighted by atomic mass is 79.9. The van der Waals surface area contributed by atoms with Crippen LogP contribution in [0.4, 0.5) is 8.78 Å². The molecule has 0 radical (unpaired) electrons. The molecule has 0 aliphatic heterocycles. The Morgan fingerprint density at radius 3 is 2.05 bits per heavy atom. The van der Waals surface area contributed by atoms with Crippen LogP contribution in [0.5, 0.6) is 5.75 Å². The first-order valence-corrected chi connectivity index (χ1v) is 6.47. The molecule has 2 rings (SSSR count). The van der Waals surface area contributed by atoms with Gasteiger partial charge >= 0.3 is 0 Å². The number of aromatic hydroxyl groups is 1. The average Bonchev–Trinajstić information content (AvgIpc) is 2.38. The van der Waals surface area contributed by atoms with Gasteiger partial charge in [0.1, 0.15) is 0 Å². The molecule has 0 amide bonds. The molecule has 100 valence electrons. The van der Waals surface area contributed by atoms with Crippen molar-refractivity contribution in [2.75, 3.05) is 0 Å². The van der Waals surface area contributed by atoms with Gasteiger partial charge in [0.05, 0.1) is 0 Å². The smallest absolute Gasteiger partial charge is 0.187 e. The summed E-state index contributed by atoms with van der Waals surface area (Å²) < 4.78 is 27.2. The summed E-state index contributed by atoms with van der Waals surface area (Å²) in [6, 6.07) is 10.00. The molecule has 5 heteroatoms. The van der Waals surface area contributed by atoms with Crippen molar-refractivity contribution in [1.82, 2.24) is 5.32 Å². The number of phenolic OH excluding ortho intramolecular Hbond substituents is 1. The zero-order valence-corrected chi connectivity index (χ0v) is 11.5. The molecule has 0 aliphatic rings. The lowest BCUT2D eigenvalue weighted by atomic mass is 10.2. The van der Waals surface area contributed by atoms with E-state index < -0.39 is 17.4 Å². The van der Waals surface area contributed by atoms with Gasteiger partial charge in [0, 0.05) is 17.6 Å². The van der Waals surface area contributed by atoms with Gasteiger partial charge in [0.2, 0.25) is 0 Å². The molecule has 0 unspecified atom stereocenters. The Labute approximate surface area is 118 Å². The molecular weight excluding hydrogens is 316 g/mol. The van der Waals surface area contributed by atoms with Crippen LogP contribution in [-0.2, 0) is 13.1 Å². The summed E-state index contributed by atoms with van der Waals surface area (Å²) >= 11 is 3.35. The predicted molar refractivity (Wildman–Crippen MR) is 72.7 cm³/mol. The van der Waals surface area contributed by atoms with E-state index in [1.54, 1.807) is 0 Å². The molecule has 2 aromatic carbocycles. The van der Waals surface area contributed by atoms with Crippen LogP contribution in [0.1, 0.15) is 11.1 Å². The topological polar surface area (TPSA) is 32.3 Å². The standard InChI is InChI=1S/C14H12BrF2NO/c15-11-3-1-9(2-4-11)7-18-8-10-5-12(16)14(19)13(17)6-10/h1-6,18-19H,7-8H2. The molecule has 0 heterocycles. The van der Waals surface area contributed by atoms with Crippen LogP contribution in [0.3, 0.4) is 0 Å². The van der Waals surface area contributed by atoms with Gasteiger partial charge in [0.25, 0.3) is 0 Å². The summed E-state index contributed by atoms with van der Waals surface area (Å²) in [7, 11) is 0. The van der Waals surface area contributed by atoms with E-state index >= 15 is 0 Å². The van der Waals surface area contributed by atoms with Gasteiger partial charge < -0.3 is 10.4 Å². The molecule has 19 heavy (non-hydrogen) atoms. The predicted octanol–water partition coefficient (Wildman–Crippen LogP) is 3.72. The molecule has 0 fully saturated rings. The maximum Gasteiger partial charge on any atom is 0.187 e. The molecule has 0 spiro atoms. The highest BCUT2D eigenvalue weighted by Gasteiger charge is 2.09. The van der Waals surface area contributed by atoms with Crippen LogP contribution in [-0.4, -0.2) is 5.11 Å². The first-order chi connectivity index (χ1) is 9.06. The van der Waals surface area contributed by atoms with Gasteiger partial charge in [-0.2, -0.15) is 0 Å². The largest absolute Gasteiger partial charge is 0.503 e. The van der Waals surface area contributed by atoms with Crippen LogP contribution in [0.25, 0.3) is 0 Å². The number of benzene rings is 2. The maximum atomic E-state index is 13.1. The number of rotatable bonds is 4. The third-order valence-electron chi connectivity index (χ3n) is 2.65. The number of halogens is 3. The Balaban J connectivity index is 1.94. The highest BCUT2D eigenvalue weighted by Crippen LogP contribution is 2.21. The van der Waals surface area contributed by atoms with Crippen molar-refractivity contribution < 1.29 is 13.9 Å². The summed E-state index contributed by atoms with van der Waals surface area (Å²) in [5.41, 5.74) is 1.52. The normalized spacial score (nSPS) is 10.7.